The first kappa shape index (κ1) is 10.5. The third-order valence-corrected chi connectivity index (χ3v) is 2.30. The summed E-state index contributed by atoms with van der Waals surface area (Å²) in [7, 11) is 1.66. The molecule has 4 nitrogen and oxygen atoms in total. The van der Waals surface area contributed by atoms with Gasteiger partial charge in [0.25, 0.3) is 0 Å². The highest BCUT2D eigenvalue weighted by Crippen LogP contribution is 2.01. The minimum atomic E-state index is -0.0423. The lowest BCUT2D eigenvalue weighted by Gasteiger charge is -2.21. The van der Waals surface area contributed by atoms with Crippen molar-refractivity contribution in [2.45, 2.75) is 19.4 Å². The van der Waals surface area contributed by atoms with Gasteiger partial charge >= 0.3 is 0 Å². The van der Waals surface area contributed by atoms with E-state index in [0.29, 0.717) is 13.2 Å². The molecule has 1 unspecified atom stereocenters. The van der Waals surface area contributed by atoms with Crippen LogP contribution in [0.4, 0.5) is 0 Å². The van der Waals surface area contributed by atoms with Crippen LogP contribution in [-0.4, -0.2) is 50.2 Å². The zero-order valence-corrected chi connectivity index (χ0v) is 8.38. The molecule has 1 saturated heterocycles. The molecule has 1 rings (SSSR count). The van der Waals surface area contributed by atoms with E-state index < -0.39 is 0 Å². The summed E-state index contributed by atoms with van der Waals surface area (Å²) in [4.78, 5) is 13.5. The van der Waals surface area contributed by atoms with Crippen LogP contribution in [0, 0.1) is 0 Å². The van der Waals surface area contributed by atoms with E-state index >= 15 is 0 Å². The van der Waals surface area contributed by atoms with Gasteiger partial charge in [-0.25, -0.2) is 0 Å². The fraction of sp³-hybridized carbons (Fsp3) is 0.889. The van der Waals surface area contributed by atoms with E-state index in [9.17, 15) is 4.79 Å². The molecule has 13 heavy (non-hydrogen) atoms. The summed E-state index contributed by atoms with van der Waals surface area (Å²) in [5.41, 5.74) is 0. The Morgan fingerprint density at radius 1 is 1.69 bits per heavy atom. The minimum Gasteiger partial charge on any atom is -0.383 e. The number of methoxy groups -OCH3 is 1. The Morgan fingerprint density at radius 3 is 3.15 bits per heavy atom. The third-order valence-electron chi connectivity index (χ3n) is 2.30. The van der Waals surface area contributed by atoms with Crippen LogP contribution >= 0.6 is 0 Å². The van der Waals surface area contributed by atoms with Gasteiger partial charge in [-0.05, 0) is 19.9 Å². The van der Waals surface area contributed by atoms with Crippen molar-refractivity contribution in [1.82, 2.24) is 10.2 Å². The van der Waals surface area contributed by atoms with Gasteiger partial charge in [-0.3, -0.25) is 4.79 Å². The van der Waals surface area contributed by atoms with Crippen molar-refractivity contribution in [1.29, 1.82) is 0 Å². The minimum absolute atomic E-state index is 0.0423. The standard InChI is InChI=1S/C9H18N2O2/c1-8-9(12)11(6-7-13-2)5-3-4-10-8/h8,10H,3-7H2,1-2H3. The van der Waals surface area contributed by atoms with Gasteiger partial charge in [-0.2, -0.15) is 0 Å². The summed E-state index contributed by atoms with van der Waals surface area (Å²) in [6.45, 7) is 5.02. The topological polar surface area (TPSA) is 41.6 Å². The van der Waals surface area contributed by atoms with Crippen molar-refractivity contribution in [3.63, 3.8) is 0 Å². The molecule has 0 aromatic heterocycles. The van der Waals surface area contributed by atoms with Crippen molar-refractivity contribution >= 4 is 5.91 Å². The maximum Gasteiger partial charge on any atom is 0.239 e. The first-order valence-corrected chi connectivity index (χ1v) is 4.77. The first-order chi connectivity index (χ1) is 6.25. The second-order valence-electron chi connectivity index (χ2n) is 3.35. The molecule has 1 fully saturated rings. The Morgan fingerprint density at radius 2 is 2.46 bits per heavy atom. The molecule has 0 radical (unpaired) electrons. The number of hydrogen-bond acceptors (Lipinski definition) is 3. The van der Waals surface area contributed by atoms with Gasteiger partial charge in [-0.15, -0.1) is 0 Å². The van der Waals surface area contributed by atoms with Crippen molar-refractivity contribution in [2.24, 2.45) is 0 Å². The smallest absolute Gasteiger partial charge is 0.239 e. The van der Waals surface area contributed by atoms with E-state index in [0.717, 1.165) is 19.5 Å². The summed E-state index contributed by atoms with van der Waals surface area (Å²) in [6.07, 6.45) is 1.03. The molecule has 1 aliphatic heterocycles. The third kappa shape index (κ3) is 2.97. The van der Waals surface area contributed by atoms with E-state index in [1.807, 2.05) is 11.8 Å². The highest BCUT2D eigenvalue weighted by atomic mass is 16.5. The van der Waals surface area contributed by atoms with Crippen molar-refractivity contribution in [2.75, 3.05) is 33.4 Å². The van der Waals surface area contributed by atoms with Gasteiger partial charge in [0.1, 0.15) is 0 Å². The van der Waals surface area contributed by atoms with Crippen molar-refractivity contribution in [3.05, 3.63) is 0 Å². The summed E-state index contributed by atoms with van der Waals surface area (Å²) in [6, 6.07) is -0.0423. The van der Waals surface area contributed by atoms with Crippen LogP contribution in [-0.2, 0) is 9.53 Å². The highest BCUT2D eigenvalue weighted by Gasteiger charge is 2.21. The predicted molar refractivity (Wildman–Crippen MR) is 50.5 cm³/mol. The average molecular weight is 186 g/mol. The first-order valence-electron chi connectivity index (χ1n) is 4.77. The number of carbonyl (C=O) groups is 1. The van der Waals surface area contributed by atoms with Gasteiger partial charge in [0.2, 0.25) is 5.91 Å². The molecule has 0 spiro atoms. The van der Waals surface area contributed by atoms with Crippen LogP contribution in [0.3, 0.4) is 0 Å². The molecular formula is C9H18N2O2. The molecule has 1 atom stereocenters. The number of amides is 1. The maximum absolute atomic E-state index is 11.7. The zero-order valence-electron chi connectivity index (χ0n) is 8.38. The molecule has 1 aliphatic rings. The quantitative estimate of drug-likeness (QED) is 0.666. The van der Waals surface area contributed by atoms with E-state index in [2.05, 4.69) is 5.32 Å². The number of rotatable bonds is 3. The molecule has 0 saturated carbocycles. The highest BCUT2D eigenvalue weighted by molar-refractivity contribution is 5.81. The van der Waals surface area contributed by atoms with Crippen molar-refractivity contribution in [3.8, 4) is 0 Å². The summed E-state index contributed by atoms with van der Waals surface area (Å²) >= 11 is 0. The predicted octanol–water partition coefficient (Wildman–Crippen LogP) is -0.157. The second-order valence-corrected chi connectivity index (χ2v) is 3.35. The van der Waals surface area contributed by atoms with Gasteiger partial charge < -0.3 is 15.0 Å². The molecule has 4 heteroatoms. The van der Waals surface area contributed by atoms with Gasteiger partial charge in [0, 0.05) is 20.2 Å². The Bertz CT molecular complexity index is 173. The van der Waals surface area contributed by atoms with E-state index in [-0.39, 0.29) is 11.9 Å². The van der Waals surface area contributed by atoms with Crippen LogP contribution in [0.25, 0.3) is 0 Å². The molecule has 76 valence electrons. The van der Waals surface area contributed by atoms with E-state index in [4.69, 9.17) is 4.74 Å². The number of nitrogens with one attached hydrogen (secondary N) is 1. The number of hydrogen-bond donors (Lipinski definition) is 1. The Balaban J connectivity index is 2.44. The summed E-state index contributed by atoms with van der Waals surface area (Å²) in [5.74, 6) is 0.189. The van der Waals surface area contributed by atoms with Gasteiger partial charge in [-0.1, -0.05) is 0 Å². The van der Waals surface area contributed by atoms with E-state index in [1.165, 1.54) is 0 Å². The average Bonchev–Trinajstić information content (AvgIpc) is 2.28. The number of ether oxygens (including phenoxy) is 1. The fourth-order valence-corrected chi connectivity index (χ4v) is 1.48. The van der Waals surface area contributed by atoms with Crippen LogP contribution in [0.15, 0.2) is 0 Å². The fourth-order valence-electron chi connectivity index (χ4n) is 1.48. The SMILES string of the molecule is COCCN1CCCNC(C)C1=O. The Kier molecular flexibility index (Phi) is 4.18. The van der Waals surface area contributed by atoms with Crippen LogP contribution in [0.1, 0.15) is 13.3 Å². The molecular weight excluding hydrogens is 168 g/mol. The summed E-state index contributed by atoms with van der Waals surface area (Å²) < 4.78 is 4.95. The number of carbonyl (C=O) groups excluding carboxylic acids is 1. The van der Waals surface area contributed by atoms with Crippen LogP contribution in [0.2, 0.25) is 0 Å². The molecule has 1 amide bonds. The molecule has 0 aromatic rings. The monoisotopic (exact) mass is 186 g/mol. The number of nitrogens with zero attached hydrogens (tertiary/aromatic N) is 1. The van der Waals surface area contributed by atoms with Crippen LogP contribution in [0.5, 0.6) is 0 Å². The lowest BCUT2D eigenvalue weighted by atomic mass is 10.3. The molecule has 0 aromatic carbocycles. The van der Waals surface area contributed by atoms with Crippen molar-refractivity contribution < 1.29 is 9.53 Å². The zero-order chi connectivity index (χ0) is 9.68. The van der Waals surface area contributed by atoms with Gasteiger partial charge in [0.15, 0.2) is 0 Å². The molecule has 1 N–H and O–H groups in total. The van der Waals surface area contributed by atoms with Gasteiger partial charge in [0.05, 0.1) is 12.6 Å². The maximum atomic E-state index is 11.7. The second kappa shape index (κ2) is 5.19. The normalized spacial score (nSPS) is 24.6. The molecule has 0 bridgehead atoms. The summed E-state index contributed by atoms with van der Waals surface area (Å²) in [5, 5.41) is 3.17. The Hall–Kier alpha value is -0.610. The largest absolute Gasteiger partial charge is 0.383 e. The van der Waals surface area contributed by atoms with E-state index in [1.54, 1.807) is 7.11 Å². The lowest BCUT2D eigenvalue weighted by molar-refractivity contribution is -0.132. The lowest BCUT2D eigenvalue weighted by Crippen LogP contribution is -2.42. The Labute approximate surface area is 79.2 Å². The molecule has 0 aliphatic carbocycles. The molecule has 1 heterocycles. The van der Waals surface area contributed by atoms with Crippen LogP contribution < -0.4 is 5.32 Å².